The van der Waals surface area contributed by atoms with Crippen LogP contribution in [0.4, 0.5) is 0 Å². The molecule has 0 unspecified atom stereocenters. The van der Waals surface area contributed by atoms with Crippen molar-refractivity contribution in [2.75, 3.05) is 5.75 Å². The van der Waals surface area contributed by atoms with E-state index in [0.29, 0.717) is 11.0 Å². The average molecular weight is 379 g/mol. The van der Waals surface area contributed by atoms with Gasteiger partial charge in [0.2, 0.25) is 11.1 Å². The van der Waals surface area contributed by atoms with Crippen LogP contribution in [0.3, 0.4) is 0 Å². The Morgan fingerprint density at radius 3 is 2.89 bits per heavy atom. The van der Waals surface area contributed by atoms with Crippen molar-refractivity contribution in [2.24, 2.45) is 0 Å². The number of nitrogens with one attached hydrogen (secondary N) is 2. The Morgan fingerprint density at radius 2 is 2.07 bits per heavy atom. The number of aromatic nitrogens is 4. The van der Waals surface area contributed by atoms with E-state index in [9.17, 15) is 4.79 Å². The van der Waals surface area contributed by atoms with E-state index < -0.39 is 0 Å². The Bertz CT molecular complexity index is 1030. The summed E-state index contributed by atoms with van der Waals surface area (Å²) < 4.78 is 5.79. The van der Waals surface area contributed by atoms with Gasteiger partial charge in [0.05, 0.1) is 11.8 Å². The molecule has 2 N–H and O–H groups in total. The molecule has 3 heterocycles. The van der Waals surface area contributed by atoms with Crippen molar-refractivity contribution in [1.82, 2.24) is 25.5 Å². The summed E-state index contributed by atoms with van der Waals surface area (Å²) in [4.78, 5) is 20.6. The minimum Gasteiger partial charge on any atom is -0.459 e. The second-order valence-corrected chi connectivity index (χ2v) is 6.91. The van der Waals surface area contributed by atoms with Crippen molar-refractivity contribution < 1.29 is 9.21 Å². The van der Waals surface area contributed by atoms with Crippen molar-refractivity contribution in [3.8, 4) is 11.4 Å². The lowest BCUT2D eigenvalue weighted by Crippen LogP contribution is -2.27. The molecule has 1 aromatic carbocycles. The van der Waals surface area contributed by atoms with Crippen molar-refractivity contribution in [3.05, 3.63) is 60.6 Å². The van der Waals surface area contributed by atoms with Crippen LogP contribution in [0.1, 0.15) is 18.7 Å². The third kappa shape index (κ3) is 4.01. The number of para-hydroxylation sites is 1. The average Bonchev–Trinajstić information content (AvgIpc) is 3.34. The van der Waals surface area contributed by atoms with Gasteiger partial charge >= 0.3 is 0 Å². The number of carbonyl (C=O) groups is 1. The van der Waals surface area contributed by atoms with Gasteiger partial charge in [0.1, 0.15) is 11.3 Å². The lowest BCUT2D eigenvalue weighted by Gasteiger charge is -2.10. The topological polar surface area (TPSA) is 96.7 Å². The second kappa shape index (κ2) is 7.63. The molecule has 0 radical (unpaired) electrons. The maximum Gasteiger partial charge on any atom is 0.231 e. The fraction of sp³-hybridized carbons (Fsp3) is 0.158. The van der Waals surface area contributed by atoms with Gasteiger partial charge in [-0.15, -0.1) is 5.10 Å². The van der Waals surface area contributed by atoms with Gasteiger partial charge in [0, 0.05) is 23.3 Å². The van der Waals surface area contributed by atoms with Gasteiger partial charge in [-0.25, -0.2) is 4.98 Å². The molecule has 27 heavy (non-hydrogen) atoms. The standard InChI is InChI=1S/C19H17N5O2S/c1-12(16-10-14-4-2-3-5-15(14)26-16)21-17(25)11-27-19-22-18(23-24-19)13-6-8-20-9-7-13/h2-10,12H,11H2,1H3,(H,21,25)(H,22,23,24)/t12-/m0/s1. The first-order chi connectivity index (χ1) is 13.2. The molecule has 8 heteroatoms. The molecule has 136 valence electrons. The number of hydrogen-bond donors (Lipinski definition) is 2. The predicted octanol–water partition coefficient (Wildman–Crippen LogP) is 3.58. The minimum atomic E-state index is -0.218. The summed E-state index contributed by atoms with van der Waals surface area (Å²) in [6.45, 7) is 1.90. The van der Waals surface area contributed by atoms with E-state index in [1.807, 2.05) is 49.4 Å². The number of nitrogens with zero attached hydrogens (tertiary/aromatic N) is 3. The summed E-state index contributed by atoms with van der Waals surface area (Å²) in [7, 11) is 0. The number of amides is 1. The van der Waals surface area contributed by atoms with Crippen LogP contribution in [0.5, 0.6) is 0 Å². The molecule has 7 nitrogen and oxygen atoms in total. The van der Waals surface area contributed by atoms with E-state index >= 15 is 0 Å². The monoisotopic (exact) mass is 379 g/mol. The summed E-state index contributed by atoms with van der Waals surface area (Å²) in [5.74, 6) is 1.49. The number of carbonyl (C=O) groups excluding carboxylic acids is 1. The Balaban J connectivity index is 1.33. The van der Waals surface area contributed by atoms with Crippen LogP contribution in [0.2, 0.25) is 0 Å². The maximum atomic E-state index is 12.2. The number of rotatable bonds is 6. The highest BCUT2D eigenvalue weighted by Crippen LogP contribution is 2.24. The molecule has 4 aromatic rings. The van der Waals surface area contributed by atoms with Crippen LogP contribution in [-0.2, 0) is 4.79 Å². The molecule has 0 saturated carbocycles. The molecule has 0 aliphatic carbocycles. The highest BCUT2D eigenvalue weighted by molar-refractivity contribution is 7.99. The third-order valence-electron chi connectivity index (χ3n) is 4.00. The maximum absolute atomic E-state index is 12.2. The molecule has 0 spiro atoms. The number of benzene rings is 1. The van der Waals surface area contributed by atoms with Crippen molar-refractivity contribution in [3.63, 3.8) is 0 Å². The lowest BCUT2D eigenvalue weighted by atomic mass is 10.2. The molecular formula is C19H17N5O2S. The van der Waals surface area contributed by atoms with Gasteiger partial charge in [-0.2, -0.15) is 0 Å². The molecule has 0 aliphatic rings. The summed E-state index contributed by atoms with van der Waals surface area (Å²) in [5, 5.41) is 11.5. The number of H-pyrrole nitrogens is 1. The fourth-order valence-corrected chi connectivity index (χ4v) is 3.26. The van der Waals surface area contributed by atoms with Gasteiger partial charge in [-0.3, -0.25) is 14.9 Å². The Hall–Kier alpha value is -3.13. The van der Waals surface area contributed by atoms with Gasteiger partial charge in [-0.05, 0) is 31.2 Å². The first-order valence-electron chi connectivity index (χ1n) is 8.42. The molecule has 0 fully saturated rings. The van der Waals surface area contributed by atoms with E-state index in [2.05, 4.69) is 25.5 Å². The van der Waals surface area contributed by atoms with Gasteiger partial charge < -0.3 is 9.73 Å². The quantitative estimate of drug-likeness (QED) is 0.497. The number of fused-ring (bicyclic) bond motifs is 1. The van der Waals surface area contributed by atoms with E-state index in [1.165, 1.54) is 11.8 Å². The van der Waals surface area contributed by atoms with E-state index in [1.54, 1.807) is 12.4 Å². The molecule has 3 aromatic heterocycles. The summed E-state index contributed by atoms with van der Waals surface area (Å²) in [6.07, 6.45) is 3.38. The minimum absolute atomic E-state index is 0.108. The lowest BCUT2D eigenvalue weighted by molar-refractivity contribution is -0.119. The number of hydrogen-bond acceptors (Lipinski definition) is 6. The van der Waals surface area contributed by atoms with Crippen LogP contribution in [0.15, 0.2) is 64.4 Å². The van der Waals surface area contributed by atoms with Crippen molar-refractivity contribution >= 4 is 28.6 Å². The zero-order chi connectivity index (χ0) is 18.6. The zero-order valence-electron chi connectivity index (χ0n) is 14.5. The number of aromatic amines is 1. The van der Waals surface area contributed by atoms with Gasteiger partial charge in [-0.1, -0.05) is 30.0 Å². The molecule has 0 saturated heterocycles. The van der Waals surface area contributed by atoms with Crippen molar-refractivity contribution in [2.45, 2.75) is 18.1 Å². The Labute approximate surface area is 159 Å². The summed E-state index contributed by atoms with van der Waals surface area (Å²) in [5.41, 5.74) is 1.71. The predicted molar refractivity (Wildman–Crippen MR) is 103 cm³/mol. The first kappa shape index (κ1) is 17.3. The van der Waals surface area contributed by atoms with Gasteiger partial charge in [0.15, 0.2) is 5.82 Å². The summed E-state index contributed by atoms with van der Waals surface area (Å²) >= 11 is 1.27. The first-order valence-corrected chi connectivity index (χ1v) is 9.41. The van der Waals surface area contributed by atoms with Crippen LogP contribution < -0.4 is 5.32 Å². The second-order valence-electron chi connectivity index (χ2n) is 5.97. The molecule has 1 atom stereocenters. The zero-order valence-corrected chi connectivity index (χ0v) is 15.4. The molecule has 4 rings (SSSR count). The fourth-order valence-electron chi connectivity index (χ4n) is 2.65. The normalized spacial score (nSPS) is 12.2. The summed E-state index contributed by atoms with van der Waals surface area (Å²) in [6, 6.07) is 13.2. The molecular weight excluding hydrogens is 362 g/mol. The Morgan fingerprint density at radius 1 is 1.26 bits per heavy atom. The molecule has 0 aliphatic heterocycles. The largest absolute Gasteiger partial charge is 0.459 e. The smallest absolute Gasteiger partial charge is 0.231 e. The van der Waals surface area contributed by atoms with Crippen LogP contribution in [-0.4, -0.2) is 31.8 Å². The van der Waals surface area contributed by atoms with Crippen molar-refractivity contribution in [1.29, 1.82) is 0 Å². The number of thioether (sulfide) groups is 1. The van der Waals surface area contributed by atoms with Crippen LogP contribution in [0, 0.1) is 0 Å². The molecule has 0 bridgehead atoms. The number of pyridine rings is 1. The van der Waals surface area contributed by atoms with Crippen LogP contribution >= 0.6 is 11.8 Å². The SMILES string of the molecule is C[C@H](NC(=O)CSc1n[nH]c(-c2ccncc2)n1)c1cc2ccccc2o1. The highest BCUT2D eigenvalue weighted by atomic mass is 32.2. The van der Waals surface area contributed by atoms with Gasteiger partial charge in [0.25, 0.3) is 0 Å². The van der Waals surface area contributed by atoms with E-state index in [-0.39, 0.29) is 17.7 Å². The van der Waals surface area contributed by atoms with E-state index in [4.69, 9.17) is 4.42 Å². The molecule has 1 amide bonds. The van der Waals surface area contributed by atoms with Crippen LogP contribution in [0.25, 0.3) is 22.4 Å². The Kier molecular flexibility index (Phi) is 4.88. The van der Waals surface area contributed by atoms with E-state index in [0.717, 1.165) is 22.3 Å². The third-order valence-corrected chi connectivity index (χ3v) is 4.85. The highest BCUT2D eigenvalue weighted by Gasteiger charge is 2.15. The number of furan rings is 1.